The molecule has 64 heavy (non-hydrogen) atoms. The van der Waals surface area contributed by atoms with Crippen LogP contribution in [0.5, 0.6) is 11.5 Å². The summed E-state index contributed by atoms with van der Waals surface area (Å²) in [6.07, 6.45) is 10.0. The Morgan fingerprint density at radius 2 is 0.875 bits per heavy atom. The molecule has 4 saturated heterocycles. The van der Waals surface area contributed by atoms with Gasteiger partial charge in [-0.3, -0.25) is 9.80 Å². The first kappa shape index (κ1) is 44.0. The van der Waals surface area contributed by atoms with Gasteiger partial charge < -0.3 is 18.9 Å². The number of rotatable bonds is 14. The van der Waals surface area contributed by atoms with E-state index in [1.165, 1.54) is 94.2 Å². The molecular weight excluding hydrogens is 789 g/mol. The molecule has 6 unspecified atom stereocenters. The van der Waals surface area contributed by atoms with Gasteiger partial charge in [0, 0.05) is 24.2 Å². The number of fused-ring (bicyclic) bond motifs is 2. The quantitative estimate of drug-likeness (QED) is 0.109. The highest BCUT2D eigenvalue weighted by molar-refractivity contribution is 5.34. The van der Waals surface area contributed by atoms with E-state index in [2.05, 4.69) is 147 Å². The summed E-state index contributed by atoms with van der Waals surface area (Å²) < 4.78 is 24.5. The predicted octanol–water partition coefficient (Wildman–Crippen LogP) is 12.8. The molecule has 6 nitrogen and oxygen atoms in total. The minimum absolute atomic E-state index is 0.170. The van der Waals surface area contributed by atoms with Crippen LogP contribution in [-0.2, 0) is 35.5 Å². The average molecular weight is 855 g/mol. The fourth-order valence-electron chi connectivity index (χ4n) is 10.6. The van der Waals surface area contributed by atoms with E-state index in [1.54, 1.807) is 0 Å². The molecular formula is C58H66N2O4. The monoisotopic (exact) mass is 855 g/mol. The van der Waals surface area contributed by atoms with Gasteiger partial charge in [0.1, 0.15) is 38.2 Å². The molecule has 0 aliphatic carbocycles. The topological polar surface area (TPSA) is 43.4 Å². The normalized spacial score (nSPS) is 22.8. The second kappa shape index (κ2) is 20.7. The summed E-state index contributed by atoms with van der Waals surface area (Å²) in [6.45, 7) is 11.5. The van der Waals surface area contributed by atoms with Crippen molar-refractivity contribution in [3.63, 3.8) is 0 Å². The molecule has 0 aromatic heterocycles. The first-order chi connectivity index (χ1) is 31.3. The number of ether oxygens (including phenoxy) is 4. The average Bonchev–Trinajstić information content (AvgIpc) is 4.14. The van der Waals surface area contributed by atoms with Gasteiger partial charge in [-0.15, -0.1) is 0 Å². The Balaban J connectivity index is 0.000000162. The van der Waals surface area contributed by atoms with E-state index in [0.717, 1.165) is 37.8 Å². The number of benzene rings is 6. The number of nitrogens with zero attached hydrogens (tertiary/aromatic N) is 2. The van der Waals surface area contributed by atoms with E-state index >= 15 is 0 Å². The summed E-state index contributed by atoms with van der Waals surface area (Å²) in [4.78, 5) is 5.21. The van der Waals surface area contributed by atoms with E-state index in [0.29, 0.717) is 37.4 Å². The lowest BCUT2D eigenvalue weighted by Crippen LogP contribution is -2.33. The highest BCUT2D eigenvalue weighted by Gasteiger charge is 2.45. The maximum Gasteiger partial charge on any atom is 0.119 e. The van der Waals surface area contributed by atoms with Gasteiger partial charge >= 0.3 is 0 Å². The summed E-state index contributed by atoms with van der Waals surface area (Å²) in [5, 5.41) is 0. The third-order valence-electron chi connectivity index (χ3n) is 14.3. The van der Waals surface area contributed by atoms with Crippen molar-refractivity contribution in [2.24, 2.45) is 0 Å². The molecule has 4 heterocycles. The molecule has 4 fully saturated rings. The van der Waals surface area contributed by atoms with Crippen molar-refractivity contribution in [1.29, 1.82) is 0 Å². The molecule has 0 amide bonds. The molecule has 6 aromatic rings. The molecule has 10 rings (SSSR count). The first-order valence-corrected chi connectivity index (χ1v) is 23.7. The Kier molecular flexibility index (Phi) is 14.2. The Bertz CT molecular complexity index is 2230. The minimum atomic E-state index is 0.170. The van der Waals surface area contributed by atoms with Crippen LogP contribution >= 0.6 is 0 Å². The van der Waals surface area contributed by atoms with Gasteiger partial charge in [-0.1, -0.05) is 132 Å². The Morgan fingerprint density at radius 3 is 1.28 bits per heavy atom. The maximum atomic E-state index is 6.29. The van der Waals surface area contributed by atoms with E-state index in [1.807, 2.05) is 36.4 Å². The lowest BCUT2D eigenvalue weighted by atomic mass is 9.98. The van der Waals surface area contributed by atoms with Crippen LogP contribution in [0.2, 0.25) is 0 Å². The third kappa shape index (κ3) is 10.6. The number of hydrogen-bond acceptors (Lipinski definition) is 6. The Labute approximate surface area is 382 Å². The summed E-state index contributed by atoms with van der Waals surface area (Å²) in [5.41, 5.74) is 13.4. The van der Waals surface area contributed by atoms with Gasteiger partial charge in [-0.05, 0) is 148 Å². The molecule has 4 aliphatic heterocycles. The second-order valence-electron chi connectivity index (χ2n) is 18.7. The van der Waals surface area contributed by atoms with Gasteiger partial charge in [0.05, 0.1) is 12.2 Å². The van der Waals surface area contributed by atoms with Crippen LogP contribution in [0.15, 0.2) is 146 Å². The summed E-state index contributed by atoms with van der Waals surface area (Å²) >= 11 is 0. The van der Waals surface area contributed by atoms with Crippen molar-refractivity contribution in [3.8, 4) is 11.5 Å². The minimum Gasteiger partial charge on any atom is -0.489 e. The van der Waals surface area contributed by atoms with E-state index in [9.17, 15) is 0 Å². The lowest BCUT2D eigenvalue weighted by molar-refractivity contribution is 0.0733. The summed E-state index contributed by atoms with van der Waals surface area (Å²) in [7, 11) is 0. The molecule has 6 aromatic carbocycles. The van der Waals surface area contributed by atoms with Crippen LogP contribution in [-0.4, -0.2) is 47.4 Å². The van der Waals surface area contributed by atoms with Crippen LogP contribution in [0.4, 0.5) is 0 Å². The van der Waals surface area contributed by atoms with Crippen molar-refractivity contribution in [1.82, 2.24) is 9.80 Å². The van der Waals surface area contributed by atoms with Gasteiger partial charge in [0.15, 0.2) is 0 Å². The lowest BCUT2D eigenvalue weighted by Gasteiger charge is -2.23. The fourth-order valence-corrected chi connectivity index (χ4v) is 10.6. The van der Waals surface area contributed by atoms with Crippen LogP contribution in [0, 0.1) is 27.7 Å². The van der Waals surface area contributed by atoms with Crippen molar-refractivity contribution in [3.05, 3.63) is 201 Å². The third-order valence-corrected chi connectivity index (χ3v) is 14.3. The molecule has 332 valence electrons. The molecule has 4 aliphatic rings. The molecule has 0 spiro atoms. The van der Waals surface area contributed by atoms with E-state index in [-0.39, 0.29) is 12.2 Å². The largest absolute Gasteiger partial charge is 0.489 e. The van der Waals surface area contributed by atoms with Gasteiger partial charge in [0.25, 0.3) is 0 Å². The van der Waals surface area contributed by atoms with Crippen LogP contribution in [0.25, 0.3) is 0 Å². The van der Waals surface area contributed by atoms with E-state index in [4.69, 9.17) is 18.9 Å². The van der Waals surface area contributed by atoms with Crippen LogP contribution in [0.3, 0.4) is 0 Å². The van der Waals surface area contributed by atoms with Crippen molar-refractivity contribution < 1.29 is 18.9 Å². The van der Waals surface area contributed by atoms with Crippen molar-refractivity contribution in [2.45, 2.75) is 129 Å². The Morgan fingerprint density at radius 1 is 0.469 bits per heavy atom. The van der Waals surface area contributed by atoms with Crippen molar-refractivity contribution in [2.75, 3.05) is 13.5 Å². The number of hydrogen-bond donors (Lipinski definition) is 0. The molecule has 0 N–H and O–H groups in total. The smallest absolute Gasteiger partial charge is 0.119 e. The zero-order valence-corrected chi connectivity index (χ0v) is 38.3. The van der Waals surface area contributed by atoms with Gasteiger partial charge in [-0.2, -0.15) is 0 Å². The van der Waals surface area contributed by atoms with Crippen LogP contribution in [0.1, 0.15) is 106 Å². The summed E-state index contributed by atoms with van der Waals surface area (Å²) in [6, 6.07) is 53.5. The summed E-state index contributed by atoms with van der Waals surface area (Å²) in [5.74, 6) is 1.82. The molecule has 6 atom stereocenters. The number of aryl methyl sites for hydroxylation is 6. The Hall–Kier alpha value is -5.24. The standard InChI is InChI=1S/2C29H33NO2/c2*1-21-8-9-22(2)25(18-21)10-13-26-14-17-28-29(32-20-30(26)28)24-11-15-27(16-12-24)31-19-23-6-4-3-5-7-23/h2*3-9,11-12,15-16,18,26,28-29H,10,13-14,17,19-20H2,1-2H3. The zero-order valence-electron chi connectivity index (χ0n) is 38.3. The first-order valence-electron chi connectivity index (χ1n) is 23.7. The highest BCUT2D eigenvalue weighted by Crippen LogP contribution is 2.43. The van der Waals surface area contributed by atoms with Crippen molar-refractivity contribution >= 4 is 0 Å². The predicted molar refractivity (Wildman–Crippen MR) is 258 cm³/mol. The fraction of sp³-hybridized carbons (Fsp3) is 0.379. The van der Waals surface area contributed by atoms with Crippen LogP contribution < -0.4 is 9.47 Å². The molecule has 6 heteroatoms. The molecule has 0 bridgehead atoms. The van der Waals surface area contributed by atoms with E-state index < -0.39 is 0 Å². The maximum absolute atomic E-state index is 6.29. The van der Waals surface area contributed by atoms with Gasteiger partial charge in [0.2, 0.25) is 0 Å². The molecule has 0 saturated carbocycles. The zero-order chi connectivity index (χ0) is 43.8. The SMILES string of the molecule is Cc1ccc(C)c(CCC2CCC3C(c4ccc(OCc5ccccc5)cc4)OCN23)c1.Cc1ccc(C)c(CCC2CCC3C(c4ccc(OCc5ccccc5)cc4)OCN23)c1. The highest BCUT2D eigenvalue weighted by atomic mass is 16.5. The molecule has 0 radical (unpaired) electrons. The van der Waals surface area contributed by atoms with Gasteiger partial charge in [-0.25, -0.2) is 0 Å². The second-order valence-corrected chi connectivity index (χ2v) is 18.7.